The van der Waals surface area contributed by atoms with Crippen molar-refractivity contribution in [3.8, 4) is 5.69 Å². The third-order valence-corrected chi connectivity index (χ3v) is 3.90. The lowest BCUT2D eigenvalue weighted by Gasteiger charge is -2.09. The number of rotatable bonds is 5. The number of nitrogens with one attached hydrogen (secondary N) is 2. The zero-order chi connectivity index (χ0) is 14.5. The van der Waals surface area contributed by atoms with Crippen LogP contribution in [0.25, 0.3) is 5.69 Å². The number of hydrogen-bond donors (Lipinski definition) is 2. The predicted molar refractivity (Wildman–Crippen MR) is 81.5 cm³/mol. The molecule has 1 aromatic heterocycles. The molecule has 2 N–H and O–H groups in total. The first-order valence-electron chi connectivity index (χ1n) is 7.42. The van der Waals surface area contributed by atoms with Crippen LogP contribution in [0.1, 0.15) is 23.2 Å². The summed E-state index contributed by atoms with van der Waals surface area (Å²) in [5, 5.41) is 10.5. The minimum Gasteiger partial charge on any atom is -0.352 e. The van der Waals surface area contributed by atoms with Gasteiger partial charge < -0.3 is 10.6 Å². The fraction of sp³-hybridized carbons (Fsp3) is 0.375. The maximum absolute atomic E-state index is 12.1. The Kier molecular flexibility index (Phi) is 4.31. The molecule has 1 unspecified atom stereocenters. The average Bonchev–Trinajstić information content (AvgIpc) is 3.21. The molecular formula is C16H20N4O. The maximum Gasteiger partial charge on any atom is 0.251 e. The monoisotopic (exact) mass is 284 g/mol. The topological polar surface area (TPSA) is 59.0 Å². The van der Waals surface area contributed by atoms with E-state index in [1.165, 1.54) is 6.42 Å². The Hall–Kier alpha value is -2.14. The van der Waals surface area contributed by atoms with E-state index in [2.05, 4.69) is 15.7 Å². The maximum atomic E-state index is 12.1. The smallest absolute Gasteiger partial charge is 0.251 e. The average molecular weight is 284 g/mol. The highest BCUT2D eigenvalue weighted by Crippen LogP contribution is 2.11. The van der Waals surface area contributed by atoms with Crippen molar-refractivity contribution in [2.75, 3.05) is 19.6 Å². The lowest BCUT2D eigenvalue weighted by Crippen LogP contribution is -2.26. The fourth-order valence-corrected chi connectivity index (χ4v) is 2.64. The van der Waals surface area contributed by atoms with E-state index in [0.717, 1.165) is 31.7 Å². The van der Waals surface area contributed by atoms with Crippen LogP contribution >= 0.6 is 0 Å². The first-order valence-corrected chi connectivity index (χ1v) is 7.42. The van der Waals surface area contributed by atoms with Crippen LogP contribution in [0.15, 0.2) is 42.7 Å². The van der Waals surface area contributed by atoms with E-state index in [0.29, 0.717) is 11.5 Å². The van der Waals surface area contributed by atoms with E-state index < -0.39 is 0 Å². The minimum absolute atomic E-state index is 0.00651. The van der Waals surface area contributed by atoms with Crippen LogP contribution in [0, 0.1) is 5.92 Å². The lowest BCUT2D eigenvalue weighted by atomic mass is 10.1. The van der Waals surface area contributed by atoms with Crippen LogP contribution in [-0.4, -0.2) is 35.3 Å². The molecule has 5 heteroatoms. The fourth-order valence-electron chi connectivity index (χ4n) is 2.64. The molecule has 21 heavy (non-hydrogen) atoms. The van der Waals surface area contributed by atoms with Crippen molar-refractivity contribution >= 4 is 5.91 Å². The van der Waals surface area contributed by atoms with Gasteiger partial charge in [0.15, 0.2) is 0 Å². The molecule has 1 saturated heterocycles. The molecule has 0 aliphatic carbocycles. The summed E-state index contributed by atoms with van der Waals surface area (Å²) in [4.78, 5) is 12.1. The van der Waals surface area contributed by atoms with Crippen molar-refractivity contribution in [1.29, 1.82) is 0 Å². The Morgan fingerprint density at radius 2 is 2.24 bits per heavy atom. The number of carbonyl (C=O) groups excluding carboxylic acids is 1. The summed E-state index contributed by atoms with van der Waals surface area (Å²) in [5.41, 5.74) is 1.64. The van der Waals surface area contributed by atoms with Gasteiger partial charge in [0.1, 0.15) is 0 Å². The molecule has 2 heterocycles. The van der Waals surface area contributed by atoms with Crippen LogP contribution in [0.4, 0.5) is 0 Å². The van der Waals surface area contributed by atoms with Crippen LogP contribution in [-0.2, 0) is 0 Å². The first kappa shape index (κ1) is 13.8. The molecule has 1 fully saturated rings. The number of nitrogens with zero attached hydrogens (tertiary/aromatic N) is 2. The molecule has 1 atom stereocenters. The normalized spacial score (nSPS) is 17.8. The summed E-state index contributed by atoms with van der Waals surface area (Å²) in [7, 11) is 0. The number of carbonyl (C=O) groups is 1. The Labute approximate surface area is 124 Å². The second-order valence-electron chi connectivity index (χ2n) is 5.40. The Bertz CT molecular complexity index is 571. The number of hydrogen-bond acceptors (Lipinski definition) is 3. The van der Waals surface area contributed by atoms with Gasteiger partial charge in [0.05, 0.1) is 5.69 Å². The van der Waals surface area contributed by atoms with Gasteiger partial charge in [-0.3, -0.25) is 4.79 Å². The van der Waals surface area contributed by atoms with Gasteiger partial charge in [-0.1, -0.05) is 0 Å². The minimum atomic E-state index is -0.00651. The van der Waals surface area contributed by atoms with E-state index in [1.54, 1.807) is 10.9 Å². The zero-order valence-corrected chi connectivity index (χ0v) is 12.0. The SMILES string of the molecule is O=C(NCCC1CCNC1)c1ccc(-n2cccn2)cc1. The number of amides is 1. The highest BCUT2D eigenvalue weighted by molar-refractivity contribution is 5.94. The largest absolute Gasteiger partial charge is 0.352 e. The van der Waals surface area contributed by atoms with Gasteiger partial charge in [0.2, 0.25) is 0 Å². The highest BCUT2D eigenvalue weighted by atomic mass is 16.1. The van der Waals surface area contributed by atoms with Gasteiger partial charge in [0.25, 0.3) is 5.91 Å². The third kappa shape index (κ3) is 3.49. The summed E-state index contributed by atoms with van der Waals surface area (Å²) in [6.45, 7) is 2.92. The first-order chi connectivity index (χ1) is 10.3. The second-order valence-corrected chi connectivity index (χ2v) is 5.40. The lowest BCUT2D eigenvalue weighted by molar-refractivity contribution is 0.0951. The van der Waals surface area contributed by atoms with Gasteiger partial charge >= 0.3 is 0 Å². The van der Waals surface area contributed by atoms with Gasteiger partial charge in [-0.15, -0.1) is 0 Å². The standard InChI is InChI=1S/C16H20N4O/c21-16(18-10-7-13-6-9-17-12-13)14-2-4-15(5-3-14)20-11-1-8-19-20/h1-5,8,11,13,17H,6-7,9-10,12H2,(H,18,21). The van der Waals surface area contributed by atoms with E-state index in [9.17, 15) is 4.79 Å². The summed E-state index contributed by atoms with van der Waals surface area (Å²) in [6, 6.07) is 9.36. The van der Waals surface area contributed by atoms with Crippen molar-refractivity contribution in [1.82, 2.24) is 20.4 Å². The second kappa shape index (κ2) is 6.54. The van der Waals surface area contributed by atoms with E-state index >= 15 is 0 Å². The Morgan fingerprint density at radius 1 is 1.38 bits per heavy atom. The summed E-state index contributed by atoms with van der Waals surface area (Å²) in [5.74, 6) is 0.695. The molecule has 1 amide bonds. The molecule has 1 aromatic carbocycles. The van der Waals surface area contributed by atoms with Crippen LogP contribution < -0.4 is 10.6 Å². The van der Waals surface area contributed by atoms with Gasteiger partial charge in [-0.25, -0.2) is 4.68 Å². The van der Waals surface area contributed by atoms with Gasteiger partial charge in [-0.2, -0.15) is 5.10 Å². The quantitative estimate of drug-likeness (QED) is 0.877. The molecule has 0 radical (unpaired) electrons. The summed E-state index contributed by atoms with van der Waals surface area (Å²) in [6.07, 6.45) is 5.88. The molecule has 1 aliphatic heterocycles. The van der Waals surface area contributed by atoms with Crippen LogP contribution in [0.2, 0.25) is 0 Å². The molecule has 3 rings (SSSR count). The van der Waals surface area contributed by atoms with Crippen molar-refractivity contribution in [2.45, 2.75) is 12.8 Å². The molecule has 110 valence electrons. The van der Waals surface area contributed by atoms with Crippen molar-refractivity contribution in [3.63, 3.8) is 0 Å². The van der Waals surface area contributed by atoms with E-state index in [1.807, 2.05) is 36.5 Å². The van der Waals surface area contributed by atoms with Crippen LogP contribution in [0.3, 0.4) is 0 Å². The molecule has 2 aromatic rings. The third-order valence-electron chi connectivity index (χ3n) is 3.90. The molecule has 0 bridgehead atoms. The number of benzene rings is 1. The summed E-state index contributed by atoms with van der Waals surface area (Å²) >= 11 is 0. The van der Waals surface area contributed by atoms with Crippen LogP contribution in [0.5, 0.6) is 0 Å². The van der Waals surface area contributed by atoms with Crippen molar-refractivity contribution in [3.05, 3.63) is 48.3 Å². The Morgan fingerprint density at radius 3 is 2.90 bits per heavy atom. The number of aromatic nitrogens is 2. The molecular weight excluding hydrogens is 264 g/mol. The predicted octanol–water partition coefficient (Wildman–Crippen LogP) is 1.60. The Balaban J connectivity index is 1.52. The molecule has 0 saturated carbocycles. The van der Waals surface area contributed by atoms with E-state index in [4.69, 9.17) is 0 Å². The molecule has 5 nitrogen and oxygen atoms in total. The molecule has 0 spiro atoms. The van der Waals surface area contributed by atoms with Gasteiger partial charge in [-0.05, 0) is 62.2 Å². The van der Waals surface area contributed by atoms with Crippen molar-refractivity contribution < 1.29 is 4.79 Å². The summed E-state index contributed by atoms with van der Waals surface area (Å²) < 4.78 is 1.77. The van der Waals surface area contributed by atoms with Gasteiger partial charge in [0, 0.05) is 24.5 Å². The zero-order valence-electron chi connectivity index (χ0n) is 12.0. The highest BCUT2D eigenvalue weighted by Gasteiger charge is 2.14. The van der Waals surface area contributed by atoms with E-state index in [-0.39, 0.29) is 5.91 Å². The molecule has 1 aliphatic rings. The van der Waals surface area contributed by atoms with Crippen molar-refractivity contribution in [2.24, 2.45) is 5.92 Å².